The summed E-state index contributed by atoms with van der Waals surface area (Å²) in [5, 5.41) is 16.9. The third kappa shape index (κ3) is 2.75. The van der Waals surface area contributed by atoms with Crippen LogP contribution in [0.2, 0.25) is 0 Å². The van der Waals surface area contributed by atoms with E-state index in [1.165, 1.54) is 0 Å². The fourth-order valence-corrected chi connectivity index (χ4v) is 3.45. The topological polar surface area (TPSA) is 61.9 Å². The van der Waals surface area contributed by atoms with Gasteiger partial charge in [-0.3, -0.25) is 0 Å². The van der Waals surface area contributed by atoms with Crippen molar-refractivity contribution in [3.05, 3.63) is 72.3 Å². The molecule has 0 aliphatic carbocycles. The van der Waals surface area contributed by atoms with Crippen LogP contribution in [0.1, 0.15) is 12.0 Å². The van der Waals surface area contributed by atoms with E-state index in [2.05, 4.69) is 10.1 Å². The second-order valence-corrected chi connectivity index (χ2v) is 6.88. The van der Waals surface area contributed by atoms with Crippen LogP contribution in [0.25, 0.3) is 21.9 Å². The molecule has 1 aliphatic heterocycles. The predicted octanol–water partition coefficient (Wildman–Crippen LogP) is 4.85. The number of aliphatic hydroxyl groups is 1. The molecule has 0 saturated heterocycles. The minimum Gasteiger partial charge on any atom is -0.422 e. The number of aromatic nitrogens is 1. The summed E-state index contributed by atoms with van der Waals surface area (Å²) in [6.45, 7) is 0. The van der Waals surface area contributed by atoms with Crippen LogP contribution >= 0.6 is 0 Å². The van der Waals surface area contributed by atoms with E-state index in [9.17, 15) is 18.3 Å². The highest BCUT2D eigenvalue weighted by Crippen LogP contribution is 2.44. The lowest BCUT2D eigenvalue weighted by Crippen LogP contribution is -2.55. The zero-order chi connectivity index (χ0) is 20.2. The lowest BCUT2D eigenvalue weighted by Gasteiger charge is -2.31. The van der Waals surface area contributed by atoms with Crippen molar-refractivity contribution in [2.75, 3.05) is 5.01 Å². The van der Waals surface area contributed by atoms with Crippen LogP contribution in [-0.2, 0) is 0 Å². The van der Waals surface area contributed by atoms with Crippen LogP contribution in [0, 0.1) is 0 Å². The number of oxazole rings is 1. The highest BCUT2D eigenvalue weighted by atomic mass is 19.4. The molecular weight excluding hydrogens is 383 g/mol. The number of para-hydroxylation sites is 2. The normalized spacial score (nSPS) is 19.9. The molecule has 3 aromatic carbocycles. The van der Waals surface area contributed by atoms with Crippen LogP contribution < -0.4 is 5.01 Å². The van der Waals surface area contributed by atoms with Gasteiger partial charge in [0.05, 0.1) is 12.1 Å². The van der Waals surface area contributed by atoms with Crippen molar-refractivity contribution in [1.82, 2.24) is 4.98 Å². The Labute approximate surface area is 162 Å². The molecule has 0 radical (unpaired) electrons. The molecule has 1 atom stereocenters. The van der Waals surface area contributed by atoms with Gasteiger partial charge < -0.3 is 9.52 Å². The molecule has 1 aromatic heterocycles. The molecule has 146 valence electrons. The van der Waals surface area contributed by atoms with E-state index in [0.29, 0.717) is 21.7 Å². The van der Waals surface area contributed by atoms with E-state index < -0.39 is 24.3 Å². The molecule has 29 heavy (non-hydrogen) atoms. The number of anilines is 1. The van der Waals surface area contributed by atoms with Gasteiger partial charge >= 0.3 is 12.2 Å². The summed E-state index contributed by atoms with van der Waals surface area (Å²) in [5.74, 6) is 0. The second kappa shape index (κ2) is 6.05. The van der Waals surface area contributed by atoms with Crippen molar-refractivity contribution in [2.24, 2.45) is 5.10 Å². The Morgan fingerprint density at radius 1 is 0.966 bits per heavy atom. The average molecular weight is 397 g/mol. The number of fused-ring (bicyclic) bond motifs is 2. The van der Waals surface area contributed by atoms with Gasteiger partial charge in [-0.2, -0.15) is 28.3 Å². The van der Waals surface area contributed by atoms with E-state index in [1.807, 2.05) is 30.3 Å². The van der Waals surface area contributed by atoms with Crippen molar-refractivity contribution in [3.63, 3.8) is 0 Å². The van der Waals surface area contributed by atoms with Gasteiger partial charge in [0.15, 0.2) is 5.58 Å². The Balaban J connectivity index is 1.64. The zero-order valence-electron chi connectivity index (χ0n) is 14.9. The maximum Gasteiger partial charge on any atom is 0.438 e. The molecule has 2 heterocycles. The van der Waals surface area contributed by atoms with Gasteiger partial charge in [0.25, 0.3) is 5.72 Å². The van der Waals surface area contributed by atoms with Gasteiger partial charge in [0, 0.05) is 0 Å². The average Bonchev–Trinajstić information content (AvgIpc) is 3.29. The molecule has 0 fully saturated rings. The van der Waals surface area contributed by atoms with Crippen molar-refractivity contribution in [2.45, 2.75) is 18.3 Å². The minimum absolute atomic E-state index is 0.0952. The molecule has 4 aromatic rings. The smallest absolute Gasteiger partial charge is 0.422 e. The van der Waals surface area contributed by atoms with Crippen molar-refractivity contribution in [3.8, 4) is 0 Å². The number of alkyl halides is 3. The van der Waals surface area contributed by atoms with E-state index in [-0.39, 0.29) is 5.71 Å². The number of halogens is 3. The molecule has 5 nitrogen and oxygen atoms in total. The standard InChI is InChI=1S/C21H14F3N3O2/c22-21(23,24)20(28)12-17(15-10-9-13-5-1-2-6-14(13)11-15)26-27(20)19-25-16-7-3-4-8-18(16)29-19/h1-11,28H,12H2/t20-/m0/s1. The number of nitrogens with zero attached hydrogens (tertiary/aromatic N) is 3. The minimum atomic E-state index is -4.98. The lowest BCUT2D eigenvalue weighted by atomic mass is 9.98. The zero-order valence-corrected chi connectivity index (χ0v) is 14.9. The van der Waals surface area contributed by atoms with E-state index in [0.717, 1.165) is 10.8 Å². The summed E-state index contributed by atoms with van der Waals surface area (Å²) in [4.78, 5) is 4.07. The SMILES string of the molecule is O[C@]1(C(F)(F)F)CC(c2ccc3ccccc3c2)=NN1c1nc2ccccc2o1. The van der Waals surface area contributed by atoms with E-state index >= 15 is 0 Å². The molecule has 1 N–H and O–H groups in total. The molecule has 0 bridgehead atoms. The van der Waals surface area contributed by atoms with Gasteiger partial charge in [0.2, 0.25) is 0 Å². The summed E-state index contributed by atoms with van der Waals surface area (Å²) >= 11 is 0. The van der Waals surface area contributed by atoms with Crippen LogP contribution in [-0.4, -0.2) is 27.7 Å². The summed E-state index contributed by atoms with van der Waals surface area (Å²) in [7, 11) is 0. The number of hydrazone groups is 1. The molecular formula is C21H14F3N3O2. The molecule has 0 unspecified atom stereocenters. The fraction of sp³-hybridized carbons (Fsp3) is 0.143. The number of hydrogen-bond acceptors (Lipinski definition) is 5. The number of benzene rings is 3. The van der Waals surface area contributed by atoms with Gasteiger partial charge in [-0.05, 0) is 34.5 Å². The molecule has 0 spiro atoms. The number of rotatable bonds is 2. The first kappa shape index (κ1) is 17.7. The second-order valence-electron chi connectivity index (χ2n) is 6.88. The third-order valence-corrected chi connectivity index (χ3v) is 4.99. The lowest BCUT2D eigenvalue weighted by molar-refractivity contribution is -0.255. The highest BCUT2D eigenvalue weighted by molar-refractivity contribution is 6.06. The Morgan fingerprint density at radius 2 is 1.69 bits per heavy atom. The van der Waals surface area contributed by atoms with Crippen LogP contribution in [0.5, 0.6) is 0 Å². The Kier molecular flexibility index (Phi) is 3.69. The van der Waals surface area contributed by atoms with Crippen LogP contribution in [0.3, 0.4) is 0 Å². The van der Waals surface area contributed by atoms with Gasteiger partial charge in [0.1, 0.15) is 5.52 Å². The maximum atomic E-state index is 13.8. The summed E-state index contributed by atoms with van der Waals surface area (Å²) < 4.78 is 47.0. The van der Waals surface area contributed by atoms with Crippen LogP contribution in [0.15, 0.2) is 76.2 Å². The summed E-state index contributed by atoms with van der Waals surface area (Å²) in [6.07, 6.45) is -5.72. The molecule has 0 saturated carbocycles. The highest BCUT2D eigenvalue weighted by Gasteiger charge is 2.63. The first-order valence-electron chi connectivity index (χ1n) is 8.87. The van der Waals surface area contributed by atoms with Gasteiger partial charge in [-0.1, -0.05) is 48.5 Å². The first-order valence-corrected chi connectivity index (χ1v) is 8.87. The largest absolute Gasteiger partial charge is 0.438 e. The van der Waals surface area contributed by atoms with Crippen molar-refractivity contribution in [1.29, 1.82) is 0 Å². The summed E-state index contributed by atoms with van der Waals surface area (Å²) in [6, 6.07) is 18.9. The Morgan fingerprint density at radius 3 is 2.45 bits per heavy atom. The van der Waals surface area contributed by atoms with Gasteiger partial charge in [-0.15, -0.1) is 0 Å². The van der Waals surface area contributed by atoms with E-state index in [4.69, 9.17) is 4.42 Å². The summed E-state index contributed by atoms with van der Waals surface area (Å²) in [5.41, 5.74) is -1.99. The fourth-order valence-electron chi connectivity index (χ4n) is 3.45. The number of hydrogen-bond donors (Lipinski definition) is 1. The molecule has 5 rings (SSSR count). The van der Waals surface area contributed by atoms with Crippen molar-refractivity contribution >= 4 is 33.6 Å². The third-order valence-electron chi connectivity index (χ3n) is 4.99. The van der Waals surface area contributed by atoms with Gasteiger partial charge in [-0.25, -0.2) is 0 Å². The van der Waals surface area contributed by atoms with Crippen molar-refractivity contribution < 1.29 is 22.7 Å². The monoisotopic (exact) mass is 397 g/mol. The Bertz CT molecular complexity index is 1230. The predicted molar refractivity (Wildman–Crippen MR) is 103 cm³/mol. The molecule has 0 amide bonds. The maximum absolute atomic E-state index is 13.8. The molecule has 8 heteroatoms. The van der Waals surface area contributed by atoms with Crippen LogP contribution in [0.4, 0.5) is 19.2 Å². The quantitative estimate of drug-likeness (QED) is 0.526. The Hall–Kier alpha value is -3.39. The van der Waals surface area contributed by atoms with E-state index in [1.54, 1.807) is 36.4 Å². The first-order chi connectivity index (χ1) is 13.8. The molecule has 1 aliphatic rings.